The summed E-state index contributed by atoms with van der Waals surface area (Å²) in [5, 5.41) is 0. The van der Waals surface area contributed by atoms with E-state index in [-0.39, 0.29) is 25.2 Å². The molecule has 0 aromatic rings. The van der Waals surface area contributed by atoms with Gasteiger partial charge in [-0.15, -0.1) is 0 Å². The number of methoxy groups -OCH3 is 1. The molecule has 0 spiro atoms. The Balaban J connectivity index is 3.06. The number of hydrogen-bond donors (Lipinski definition) is 0. The summed E-state index contributed by atoms with van der Waals surface area (Å²) < 4.78 is 14.8. The fourth-order valence-electron chi connectivity index (χ4n) is 1.68. The van der Waals surface area contributed by atoms with E-state index in [0.29, 0.717) is 5.57 Å². The third-order valence-electron chi connectivity index (χ3n) is 2.46. The fraction of sp³-hybridized carbons (Fsp3) is 0.429. The predicted octanol–water partition coefficient (Wildman–Crippen LogP) is 1.90. The van der Waals surface area contributed by atoms with E-state index >= 15 is 0 Å². The van der Waals surface area contributed by atoms with E-state index in [1.54, 1.807) is 26.0 Å². The van der Waals surface area contributed by atoms with Gasteiger partial charge < -0.3 is 14.2 Å². The van der Waals surface area contributed by atoms with Crippen molar-refractivity contribution in [3.05, 3.63) is 35.1 Å². The molecular weight excluding hydrogens is 248 g/mol. The first-order chi connectivity index (χ1) is 9.13. The minimum Gasteiger partial charge on any atom is -0.504 e. The molecule has 0 saturated heterocycles. The number of esters is 2. The smallest absolute Gasteiger partial charge is 0.338 e. The lowest BCUT2D eigenvalue weighted by Crippen LogP contribution is -2.18. The van der Waals surface area contributed by atoms with Gasteiger partial charge in [-0.2, -0.15) is 0 Å². The summed E-state index contributed by atoms with van der Waals surface area (Å²) in [4.78, 5) is 23.7. The van der Waals surface area contributed by atoms with Crippen molar-refractivity contribution in [1.29, 1.82) is 0 Å². The highest BCUT2D eigenvalue weighted by molar-refractivity contribution is 6.03. The van der Waals surface area contributed by atoms with Gasteiger partial charge in [0.2, 0.25) is 0 Å². The number of ether oxygens (including phenoxy) is 3. The Hall–Kier alpha value is -2.04. The molecule has 0 aromatic carbocycles. The molecule has 0 amide bonds. The number of hydrogen-bond acceptors (Lipinski definition) is 5. The maximum Gasteiger partial charge on any atom is 0.338 e. The van der Waals surface area contributed by atoms with Gasteiger partial charge in [-0.05, 0) is 25.5 Å². The largest absolute Gasteiger partial charge is 0.504 e. The Kier molecular flexibility index (Phi) is 5.85. The van der Waals surface area contributed by atoms with Crippen molar-refractivity contribution < 1.29 is 23.8 Å². The molecule has 1 aliphatic carbocycles. The highest BCUT2D eigenvalue weighted by atomic mass is 16.5. The van der Waals surface area contributed by atoms with Crippen molar-refractivity contribution in [2.75, 3.05) is 20.3 Å². The van der Waals surface area contributed by atoms with Crippen molar-refractivity contribution in [1.82, 2.24) is 0 Å². The van der Waals surface area contributed by atoms with Gasteiger partial charge in [0.15, 0.2) is 0 Å². The second-order valence-electron chi connectivity index (χ2n) is 3.77. The van der Waals surface area contributed by atoms with Crippen molar-refractivity contribution in [3.8, 4) is 0 Å². The van der Waals surface area contributed by atoms with E-state index in [4.69, 9.17) is 14.2 Å². The third kappa shape index (κ3) is 3.98. The molecule has 5 nitrogen and oxygen atoms in total. The molecule has 0 aromatic heterocycles. The summed E-state index contributed by atoms with van der Waals surface area (Å²) in [6.45, 7) is 3.94. The lowest BCUT2D eigenvalue weighted by atomic mass is 9.94. The molecule has 0 bridgehead atoms. The Morgan fingerprint density at radius 1 is 1.16 bits per heavy atom. The zero-order valence-electron chi connectivity index (χ0n) is 11.4. The first-order valence-corrected chi connectivity index (χ1v) is 6.11. The number of carbonyl (C=O) groups is 2. The molecule has 104 valence electrons. The summed E-state index contributed by atoms with van der Waals surface area (Å²) in [7, 11) is 1.52. The van der Waals surface area contributed by atoms with Crippen LogP contribution in [0.25, 0.3) is 0 Å². The van der Waals surface area contributed by atoms with Crippen LogP contribution in [0.1, 0.15) is 20.3 Å². The van der Waals surface area contributed by atoms with Crippen LogP contribution < -0.4 is 0 Å². The highest BCUT2D eigenvalue weighted by Gasteiger charge is 2.24. The maximum atomic E-state index is 11.9. The number of carbonyl (C=O) groups excluding carboxylic acids is 2. The second-order valence-corrected chi connectivity index (χ2v) is 3.77. The molecule has 0 radical (unpaired) electrons. The Morgan fingerprint density at radius 2 is 1.79 bits per heavy atom. The van der Waals surface area contributed by atoms with Gasteiger partial charge in [0.1, 0.15) is 0 Å². The van der Waals surface area contributed by atoms with Crippen molar-refractivity contribution in [2.45, 2.75) is 20.3 Å². The summed E-state index contributed by atoms with van der Waals surface area (Å²) in [5.41, 5.74) is 1.33. The molecule has 0 aliphatic heterocycles. The molecule has 19 heavy (non-hydrogen) atoms. The molecule has 0 unspecified atom stereocenters. The second kappa shape index (κ2) is 7.41. The average molecular weight is 266 g/mol. The van der Waals surface area contributed by atoms with Gasteiger partial charge in [0.25, 0.3) is 0 Å². The number of rotatable bonds is 5. The third-order valence-corrected chi connectivity index (χ3v) is 2.46. The van der Waals surface area contributed by atoms with E-state index in [9.17, 15) is 9.59 Å². The van der Waals surface area contributed by atoms with Gasteiger partial charge in [-0.1, -0.05) is 6.08 Å². The Labute approximate surface area is 112 Å². The normalized spacial score (nSPS) is 16.5. The monoisotopic (exact) mass is 266 g/mol. The van der Waals surface area contributed by atoms with Crippen molar-refractivity contribution >= 4 is 11.9 Å². The molecule has 0 fully saturated rings. The molecule has 0 atom stereocenters. The summed E-state index contributed by atoms with van der Waals surface area (Å²) in [6.07, 6.45) is 5.09. The predicted molar refractivity (Wildman–Crippen MR) is 69.1 cm³/mol. The maximum absolute atomic E-state index is 11.9. The van der Waals surface area contributed by atoms with Crippen LogP contribution in [0.3, 0.4) is 0 Å². The van der Waals surface area contributed by atoms with Crippen LogP contribution in [0.2, 0.25) is 0 Å². The molecular formula is C14H18O5. The van der Waals surface area contributed by atoms with Crippen LogP contribution in [-0.2, 0) is 23.8 Å². The van der Waals surface area contributed by atoms with E-state index in [2.05, 4.69) is 0 Å². The minimum atomic E-state index is -0.515. The van der Waals surface area contributed by atoms with Crippen LogP contribution in [-0.4, -0.2) is 32.3 Å². The minimum absolute atomic E-state index is 0.244. The molecule has 5 heteroatoms. The molecule has 1 rings (SSSR count). The van der Waals surface area contributed by atoms with Gasteiger partial charge in [-0.3, -0.25) is 0 Å². The summed E-state index contributed by atoms with van der Waals surface area (Å²) in [5.74, 6) is -1.02. The molecule has 0 saturated carbocycles. The fourth-order valence-corrected chi connectivity index (χ4v) is 1.68. The SMILES string of the molecule is CCOC(=O)C1=C(C(=O)OCC)CC(=COC)C=C1. The standard InChI is InChI=1S/C14H18O5/c1-4-18-13(15)11-7-6-10(9-17-3)8-12(11)14(16)19-5-2/h6-7,9H,4-5,8H2,1-3H3. The highest BCUT2D eigenvalue weighted by Crippen LogP contribution is 2.25. The Morgan fingerprint density at radius 3 is 2.37 bits per heavy atom. The van der Waals surface area contributed by atoms with Gasteiger partial charge in [0, 0.05) is 6.42 Å². The quantitative estimate of drug-likeness (QED) is 0.562. The van der Waals surface area contributed by atoms with E-state index in [1.165, 1.54) is 13.4 Å². The Bertz CT molecular complexity index is 443. The lowest BCUT2D eigenvalue weighted by Gasteiger charge is -2.15. The first-order valence-electron chi connectivity index (χ1n) is 6.11. The zero-order chi connectivity index (χ0) is 14.3. The lowest BCUT2D eigenvalue weighted by molar-refractivity contribution is -0.141. The van der Waals surface area contributed by atoms with Gasteiger partial charge in [0.05, 0.1) is 37.7 Å². The molecule has 0 N–H and O–H groups in total. The van der Waals surface area contributed by atoms with E-state index < -0.39 is 11.9 Å². The number of allylic oxidation sites excluding steroid dienone is 2. The molecule has 1 aliphatic rings. The van der Waals surface area contributed by atoms with Crippen LogP contribution in [0, 0.1) is 0 Å². The average Bonchev–Trinajstić information content (AvgIpc) is 2.39. The van der Waals surface area contributed by atoms with E-state index in [0.717, 1.165) is 5.57 Å². The van der Waals surface area contributed by atoms with Crippen LogP contribution in [0.4, 0.5) is 0 Å². The van der Waals surface area contributed by atoms with Gasteiger partial charge >= 0.3 is 11.9 Å². The van der Waals surface area contributed by atoms with Crippen molar-refractivity contribution in [2.24, 2.45) is 0 Å². The summed E-state index contributed by atoms with van der Waals surface area (Å²) in [6, 6.07) is 0. The van der Waals surface area contributed by atoms with Crippen LogP contribution in [0.15, 0.2) is 35.1 Å². The van der Waals surface area contributed by atoms with E-state index in [1.807, 2.05) is 0 Å². The molecule has 0 heterocycles. The topological polar surface area (TPSA) is 61.8 Å². The first kappa shape index (κ1) is 15.0. The van der Waals surface area contributed by atoms with Gasteiger partial charge in [-0.25, -0.2) is 9.59 Å². The summed E-state index contributed by atoms with van der Waals surface area (Å²) >= 11 is 0. The van der Waals surface area contributed by atoms with Crippen molar-refractivity contribution in [3.63, 3.8) is 0 Å². The zero-order valence-corrected chi connectivity index (χ0v) is 11.4. The van der Waals surface area contributed by atoms with Crippen LogP contribution >= 0.6 is 0 Å². The van der Waals surface area contributed by atoms with Crippen LogP contribution in [0.5, 0.6) is 0 Å².